The number of hydrogen-bond donors (Lipinski definition) is 2. The molecule has 138 valence electrons. The molecular weight excluding hydrogens is 425 g/mol. The molecule has 5 nitrogen and oxygen atoms in total. The van der Waals surface area contributed by atoms with Gasteiger partial charge in [-0.25, -0.2) is 4.99 Å². The highest BCUT2D eigenvalue weighted by atomic mass is 127. The predicted octanol–water partition coefficient (Wildman–Crippen LogP) is 3.38. The first-order valence-electron chi connectivity index (χ1n) is 8.48. The first-order chi connectivity index (χ1) is 11.4. The van der Waals surface area contributed by atoms with Crippen LogP contribution >= 0.6 is 24.0 Å². The third kappa shape index (κ3) is 6.34. The van der Waals surface area contributed by atoms with E-state index in [1.54, 1.807) is 6.20 Å². The minimum Gasteiger partial charge on any atom is -0.357 e. The van der Waals surface area contributed by atoms with Crippen LogP contribution in [0.1, 0.15) is 37.6 Å². The summed E-state index contributed by atoms with van der Waals surface area (Å²) < 4.78 is 1.85. The maximum atomic E-state index is 4.66. The molecule has 0 saturated heterocycles. The molecule has 0 atom stereocenters. The van der Waals surface area contributed by atoms with Crippen molar-refractivity contribution in [2.24, 2.45) is 12.0 Å². The van der Waals surface area contributed by atoms with Gasteiger partial charge in [-0.1, -0.05) is 43.7 Å². The Kier molecular flexibility index (Phi) is 8.41. The molecule has 0 aliphatic carbocycles. The van der Waals surface area contributed by atoms with Gasteiger partial charge in [0.15, 0.2) is 5.96 Å². The van der Waals surface area contributed by atoms with Crippen molar-refractivity contribution >= 4 is 29.9 Å². The van der Waals surface area contributed by atoms with E-state index in [2.05, 4.69) is 72.7 Å². The number of nitrogens with zero attached hydrogens (tertiary/aromatic N) is 3. The Morgan fingerprint density at radius 3 is 2.40 bits per heavy atom. The van der Waals surface area contributed by atoms with E-state index in [0.29, 0.717) is 6.54 Å². The summed E-state index contributed by atoms with van der Waals surface area (Å²) in [6, 6.07) is 10.7. The zero-order chi connectivity index (χ0) is 17.6. The molecule has 0 bridgehead atoms. The summed E-state index contributed by atoms with van der Waals surface area (Å²) in [6.45, 7) is 10.9. The molecule has 0 amide bonds. The lowest BCUT2D eigenvalue weighted by Gasteiger charge is -2.27. The Hall–Kier alpha value is -1.57. The van der Waals surface area contributed by atoms with Crippen molar-refractivity contribution in [3.8, 4) is 0 Å². The van der Waals surface area contributed by atoms with Crippen molar-refractivity contribution in [1.29, 1.82) is 0 Å². The van der Waals surface area contributed by atoms with Crippen molar-refractivity contribution in [3.05, 3.63) is 53.3 Å². The maximum Gasteiger partial charge on any atom is 0.191 e. The van der Waals surface area contributed by atoms with Crippen molar-refractivity contribution in [2.45, 2.75) is 39.7 Å². The average Bonchev–Trinajstić information content (AvgIpc) is 2.96. The van der Waals surface area contributed by atoms with Crippen molar-refractivity contribution < 1.29 is 0 Å². The monoisotopic (exact) mass is 455 g/mol. The van der Waals surface area contributed by atoms with E-state index >= 15 is 0 Å². The van der Waals surface area contributed by atoms with Crippen LogP contribution < -0.4 is 10.6 Å². The molecule has 2 N–H and O–H groups in total. The normalized spacial score (nSPS) is 11.8. The SMILES string of the molecule is CCNC(=NCc1ccnn1C)NCC(C)(C)c1ccc(C)cc1.I. The van der Waals surface area contributed by atoms with E-state index in [1.165, 1.54) is 11.1 Å². The number of aliphatic imine (C=N–C) groups is 1. The Bertz CT molecular complexity index is 673. The van der Waals surface area contributed by atoms with Crippen LogP contribution in [-0.4, -0.2) is 28.8 Å². The zero-order valence-electron chi connectivity index (χ0n) is 15.8. The molecule has 6 heteroatoms. The van der Waals surface area contributed by atoms with Gasteiger partial charge in [0, 0.05) is 31.7 Å². The first-order valence-corrected chi connectivity index (χ1v) is 8.48. The van der Waals surface area contributed by atoms with E-state index in [0.717, 1.165) is 24.7 Å². The molecule has 0 aliphatic heterocycles. The van der Waals surface area contributed by atoms with Gasteiger partial charge in [0.2, 0.25) is 0 Å². The first kappa shape index (κ1) is 21.5. The fraction of sp³-hybridized carbons (Fsp3) is 0.474. The number of aryl methyl sites for hydroxylation is 2. The highest BCUT2D eigenvalue weighted by Crippen LogP contribution is 2.22. The van der Waals surface area contributed by atoms with E-state index in [9.17, 15) is 0 Å². The maximum absolute atomic E-state index is 4.66. The fourth-order valence-corrected chi connectivity index (χ4v) is 2.47. The molecule has 1 heterocycles. The van der Waals surface area contributed by atoms with E-state index in [1.807, 2.05) is 17.8 Å². The van der Waals surface area contributed by atoms with Crippen LogP contribution in [-0.2, 0) is 19.0 Å². The standard InChI is InChI=1S/C19H29N5.HI/c1-6-20-18(21-13-17-11-12-23-24(17)5)22-14-19(3,4)16-9-7-15(2)8-10-16;/h7-12H,6,13-14H2,1-5H3,(H2,20,21,22);1H. The quantitative estimate of drug-likeness (QED) is 0.399. The smallest absolute Gasteiger partial charge is 0.191 e. The average molecular weight is 455 g/mol. The van der Waals surface area contributed by atoms with Crippen LogP contribution in [0.4, 0.5) is 0 Å². The van der Waals surface area contributed by atoms with Gasteiger partial charge < -0.3 is 10.6 Å². The van der Waals surface area contributed by atoms with Crippen LogP contribution in [0.25, 0.3) is 0 Å². The molecule has 0 aliphatic rings. The molecule has 0 fully saturated rings. The number of nitrogens with one attached hydrogen (secondary N) is 2. The van der Waals surface area contributed by atoms with E-state index < -0.39 is 0 Å². The number of guanidine groups is 1. The van der Waals surface area contributed by atoms with E-state index in [-0.39, 0.29) is 29.4 Å². The van der Waals surface area contributed by atoms with Crippen molar-refractivity contribution in [3.63, 3.8) is 0 Å². The van der Waals surface area contributed by atoms with Gasteiger partial charge in [-0.05, 0) is 25.5 Å². The fourth-order valence-electron chi connectivity index (χ4n) is 2.47. The highest BCUT2D eigenvalue weighted by Gasteiger charge is 2.20. The van der Waals surface area contributed by atoms with Gasteiger partial charge in [-0.15, -0.1) is 24.0 Å². The Labute approximate surface area is 168 Å². The van der Waals surface area contributed by atoms with Gasteiger partial charge in [0.1, 0.15) is 0 Å². The molecule has 2 rings (SSSR count). The third-order valence-electron chi connectivity index (χ3n) is 4.20. The molecule has 0 unspecified atom stereocenters. The molecule has 1 aromatic heterocycles. The summed E-state index contributed by atoms with van der Waals surface area (Å²) in [7, 11) is 1.94. The van der Waals surface area contributed by atoms with Crippen molar-refractivity contribution in [1.82, 2.24) is 20.4 Å². The zero-order valence-corrected chi connectivity index (χ0v) is 18.2. The predicted molar refractivity (Wildman–Crippen MR) is 116 cm³/mol. The Morgan fingerprint density at radius 2 is 1.84 bits per heavy atom. The summed E-state index contributed by atoms with van der Waals surface area (Å²) in [5.74, 6) is 0.832. The summed E-state index contributed by atoms with van der Waals surface area (Å²) in [5, 5.41) is 11.0. The number of hydrogen-bond acceptors (Lipinski definition) is 2. The van der Waals surface area contributed by atoms with Crippen LogP contribution in [0.5, 0.6) is 0 Å². The number of rotatable bonds is 6. The molecule has 0 saturated carbocycles. The van der Waals surface area contributed by atoms with Gasteiger partial charge >= 0.3 is 0 Å². The second kappa shape index (κ2) is 9.79. The van der Waals surface area contributed by atoms with Gasteiger partial charge in [-0.2, -0.15) is 5.10 Å². The molecule has 1 aromatic carbocycles. The van der Waals surface area contributed by atoms with Crippen LogP contribution in [0, 0.1) is 6.92 Å². The molecular formula is C19H30IN5. The largest absolute Gasteiger partial charge is 0.357 e. The van der Waals surface area contributed by atoms with Crippen LogP contribution in [0.15, 0.2) is 41.5 Å². The second-order valence-electron chi connectivity index (χ2n) is 6.74. The molecule has 2 aromatic rings. The third-order valence-corrected chi connectivity index (χ3v) is 4.20. The summed E-state index contributed by atoms with van der Waals surface area (Å²) in [6.07, 6.45) is 1.80. The molecule has 0 spiro atoms. The Balaban J connectivity index is 0.00000312. The Morgan fingerprint density at radius 1 is 1.16 bits per heavy atom. The lowest BCUT2D eigenvalue weighted by atomic mass is 9.84. The number of halogens is 1. The lowest BCUT2D eigenvalue weighted by Crippen LogP contribution is -2.43. The lowest BCUT2D eigenvalue weighted by molar-refractivity contribution is 0.508. The molecule has 0 radical (unpaired) electrons. The summed E-state index contributed by atoms with van der Waals surface area (Å²) in [4.78, 5) is 4.66. The summed E-state index contributed by atoms with van der Waals surface area (Å²) >= 11 is 0. The van der Waals surface area contributed by atoms with Crippen LogP contribution in [0.2, 0.25) is 0 Å². The number of aromatic nitrogens is 2. The van der Waals surface area contributed by atoms with Crippen molar-refractivity contribution in [2.75, 3.05) is 13.1 Å². The molecule has 25 heavy (non-hydrogen) atoms. The minimum atomic E-state index is 0. The summed E-state index contributed by atoms with van der Waals surface area (Å²) in [5.41, 5.74) is 3.72. The van der Waals surface area contributed by atoms with Gasteiger partial charge in [0.05, 0.1) is 12.2 Å². The number of benzene rings is 1. The topological polar surface area (TPSA) is 54.2 Å². The van der Waals surface area contributed by atoms with Crippen LogP contribution in [0.3, 0.4) is 0 Å². The second-order valence-corrected chi connectivity index (χ2v) is 6.74. The minimum absolute atomic E-state index is 0. The highest BCUT2D eigenvalue weighted by molar-refractivity contribution is 14.0. The van der Waals surface area contributed by atoms with Gasteiger partial charge in [0.25, 0.3) is 0 Å². The van der Waals surface area contributed by atoms with E-state index in [4.69, 9.17) is 0 Å². The van der Waals surface area contributed by atoms with Gasteiger partial charge in [-0.3, -0.25) is 4.68 Å².